The summed E-state index contributed by atoms with van der Waals surface area (Å²) in [5.74, 6) is -0.875. The Hall–Kier alpha value is -3.67. The topological polar surface area (TPSA) is 131 Å². The molecule has 2 aromatic rings. The Bertz CT molecular complexity index is 1300. The molecule has 2 heterocycles. The molecular formula is C32H43N5O6S. The predicted octanol–water partition coefficient (Wildman–Crippen LogP) is 4.70. The van der Waals surface area contributed by atoms with E-state index in [1.807, 2.05) is 30.3 Å². The van der Waals surface area contributed by atoms with Crippen molar-refractivity contribution in [1.29, 1.82) is 0 Å². The molecule has 1 aliphatic heterocycles. The van der Waals surface area contributed by atoms with Crippen LogP contribution in [0.2, 0.25) is 0 Å². The fourth-order valence-corrected chi connectivity index (χ4v) is 6.41. The minimum Gasteiger partial charge on any atom is -0.460 e. The van der Waals surface area contributed by atoms with Crippen LogP contribution >= 0.6 is 11.8 Å². The van der Waals surface area contributed by atoms with E-state index in [4.69, 9.17) is 14.5 Å². The van der Waals surface area contributed by atoms with E-state index in [0.29, 0.717) is 29.2 Å². The van der Waals surface area contributed by atoms with Crippen LogP contribution in [0.3, 0.4) is 0 Å². The summed E-state index contributed by atoms with van der Waals surface area (Å²) in [5.41, 5.74) is 0.264. The second kappa shape index (κ2) is 15.4. The number of benzene rings is 1. The van der Waals surface area contributed by atoms with Gasteiger partial charge in [0.2, 0.25) is 5.91 Å². The monoisotopic (exact) mass is 625 g/mol. The SMILES string of the molecule is CCOC(=O)N1CCN(C(=O)C(CCC(=O)OC(C)(C)C)NC(=O)c2cc(SC3CCCC3)nc(-c3ccccc3)n2)CC1. The van der Waals surface area contributed by atoms with Gasteiger partial charge < -0.3 is 24.6 Å². The number of rotatable bonds is 10. The van der Waals surface area contributed by atoms with Crippen molar-refractivity contribution in [3.63, 3.8) is 0 Å². The van der Waals surface area contributed by atoms with E-state index in [0.717, 1.165) is 18.4 Å². The third-order valence-electron chi connectivity index (χ3n) is 7.33. The van der Waals surface area contributed by atoms with Gasteiger partial charge in [-0.3, -0.25) is 14.4 Å². The highest BCUT2D eigenvalue weighted by molar-refractivity contribution is 7.99. The van der Waals surface area contributed by atoms with Crippen LogP contribution < -0.4 is 5.32 Å². The molecule has 1 aliphatic carbocycles. The van der Waals surface area contributed by atoms with Crippen molar-refractivity contribution in [2.45, 2.75) is 88.1 Å². The van der Waals surface area contributed by atoms with Crippen LogP contribution in [0.15, 0.2) is 41.4 Å². The first-order chi connectivity index (χ1) is 21.0. The van der Waals surface area contributed by atoms with Crippen molar-refractivity contribution in [1.82, 2.24) is 25.1 Å². The second-order valence-electron chi connectivity index (χ2n) is 12.0. The number of nitrogens with one attached hydrogen (secondary N) is 1. The molecule has 11 nitrogen and oxygen atoms in total. The number of aromatic nitrogens is 2. The van der Waals surface area contributed by atoms with Crippen molar-refractivity contribution in [2.75, 3.05) is 32.8 Å². The molecule has 44 heavy (non-hydrogen) atoms. The molecule has 3 amide bonds. The first-order valence-electron chi connectivity index (χ1n) is 15.4. The maximum Gasteiger partial charge on any atom is 0.409 e. The van der Waals surface area contributed by atoms with E-state index in [1.54, 1.807) is 55.3 Å². The van der Waals surface area contributed by atoms with Crippen molar-refractivity contribution in [3.8, 4) is 11.4 Å². The first-order valence-corrected chi connectivity index (χ1v) is 16.2. The number of hydrogen-bond acceptors (Lipinski definition) is 9. The van der Waals surface area contributed by atoms with Crippen molar-refractivity contribution >= 4 is 35.6 Å². The van der Waals surface area contributed by atoms with Gasteiger partial charge in [0, 0.05) is 49.5 Å². The summed E-state index contributed by atoms with van der Waals surface area (Å²) in [5, 5.41) is 4.00. The van der Waals surface area contributed by atoms with Gasteiger partial charge in [-0.1, -0.05) is 43.2 Å². The molecule has 1 aromatic carbocycles. The molecule has 0 bridgehead atoms. The fourth-order valence-electron chi connectivity index (χ4n) is 5.18. The molecule has 4 rings (SSSR count). The lowest BCUT2D eigenvalue weighted by Gasteiger charge is -2.36. The van der Waals surface area contributed by atoms with Gasteiger partial charge in [0.15, 0.2) is 5.82 Å². The molecule has 2 fully saturated rings. The molecular weight excluding hydrogens is 582 g/mol. The smallest absolute Gasteiger partial charge is 0.409 e. The lowest BCUT2D eigenvalue weighted by Crippen LogP contribution is -2.56. The standard InChI is InChI=1S/C32H43N5O6S/c1-5-42-31(41)37-19-17-36(18-20-37)30(40)24(15-16-27(38)43-32(2,3)4)34-29(39)25-21-26(44-23-13-9-10-14-23)35-28(33-25)22-11-7-6-8-12-22/h6-8,11-12,21,23-24H,5,9-10,13-20H2,1-4H3,(H,34,39). The summed E-state index contributed by atoms with van der Waals surface area (Å²) in [4.78, 5) is 64.7. The van der Waals surface area contributed by atoms with E-state index in [9.17, 15) is 19.2 Å². The van der Waals surface area contributed by atoms with Gasteiger partial charge in [-0.2, -0.15) is 0 Å². The second-order valence-corrected chi connectivity index (χ2v) is 13.3. The molecule has 2 aliphatic rings. The highest BCUT2D eigenvalue weighted by Crippen LogP contribution is 2.34. The molecule has 238 valence electrons. The quantitative estimate of drug-likeness (QED) is 0.295. The fraction of sp³-hybridized carbons (Fsp3) is 0.562. The summed E-state index contributed by atoms with van der Waals surface area (Å²) in [6.45, 7) is 8.53. The third-order valence-corrected chi connectivity index (χ3v) is 8.59. The number of carbonyl (C=O) groups excluding carboxylic acids is 4. The first kappa shape index (κ1) is 33.2. The third kappa shape index (κ3) is 9.67. The van der Waals surface area contributed by atoms with Crippen molar-refractivity contribution < 1.29 is 28.7 Å². The predicted molar refractivity (Wildman–Crippen MR) is 167 cm³/mol. The zero-order valence-corrected chi connectivity index (χ0v) is 26.9. The number of thioether (sulfide) groups is 1. The van der Waals surface area contributed by atoms with Gasteiger partial charge in [-0.05, 0) is 47.0 Å². The summed E-state index contributed by atoms with van der Waals surface area (Å²) >= 11 is 1.65. The molecule has 1 saturated carbocycles. The Labute approximate surface area is 263 Å². The summed E-state index contributed by atoms with van der Waals surface area (Å²) in [6.07, 6.45) is 4.13. The van der Waals surface area contributed by atoms with Crippen LogP contribution in [0.25, 0.3) is 11.4 Å². The number of amides is 3. The lowest BCUT2D eigenvalue weighted by molar-refractivity contribution is -0.155. The van der Waals surface area contributed by atoms with E-state index in [1.165, 1.54) is 12.8 Å². The lowest BCUT2D eigenvalue weighted by atomic mass is 10.1. The molecule has 12 heteroatoms. The number of hydrogen-bond donors (Lipinski definition) is 1. The molecule has 0 radical (unpaired) electrons. The van der Waals surface area contributed by atoms with Crippen molar-refractivity contribution in [3.05, 3.63) is 42.1 Å². The van der Waals surface area contributed by atoms with Crippen LogP contribution in [-0.2, 0) is 19.1 Å². The van der Waals surface area contributed by atoms with Crippen molar-refractivity contribution in [2.24, 2.45) is 0 Å². The zero-order chi connectivity index (χ0) is 31.7. The van der Waals surface area contributed by atoms with Gasteiger partial charge in [0.25, 0.3) is 5.91 Å². The van der Waals surface area contributed by atoms with Gasteiger partial charge in [-0.25, -0.2) is 14.8 Å². The molecule has 1 N–H and O–H groups in total. The van der Waals surface area contributed by atoms with Crippen LogP contribution in [-0.4, -0.2) is 93.3 Å². The van der Waals surface area contributed by atoms with Crippen LogP contribution in [0.5, 0.6) is 0 Å². The summed E-state index contributed by atoms with van der Waals surface area (Å²) in [6, 6.07) is 10.2. The van der Waals surface area contributed by atoms with Crippen LogP contribution in [0, 0.1) is 0 Å². The average Bonchev–Trinajstić information content (AvgIpc) is 3.51. The number of carbonyl (C=O) groups is 4. The average molecular weight is 626 g/mol. The molecule has 1 aromatic heterocycles. The molecule has 1 unspecified atom stereocenters. The summed E-state index contributed by atoms with van der Waals surface area (Å²) < 4.78 is 10.5. The van der Waals surface area contributed by atoms with E-state index < -0.39 is 29.6 Å². The number of esters is 1. The molecule has 0 spiro atoms. The highest BCUT2D eigenvalue weighted by Gasteiger charge is 2.32. The largest absolute Gasteiger partial charge is 0.460 e. The minimum absolute atomic E-state index is 0.0535. The number of nitrogens with zero attached hydrogens (tertiary/aromatic N) is 4. The van der Waals surface area contributed by atoms with E-state index in [2.05, 4.69) is 10.3 Å². The van der Waals surface area contributed by atoms with Gasteiger partial charge in [0.1, 0.15) is 22.4 Å². The maximum absolute atomic E-state index is 13.7. The molecule has 1 atom stereocenters. The van der Waals surface area contributed by atoms with Gasteiger partial charge >= 0.3 is 12.1 Å². The van der Waals surface area contributed by atoms with Gasteiger partial charge in [-0.15, -0.1) is 11.8 Å². The Morgan fingerprint density at radius 3 is 2.30 bits per heavy atom. The van der Waals surface area contributed by atoms with Gasteiger partial charge in [0.05, 0.1) is 6.61 Å². The Morgan fingerprint density at radius 1 is 1.00 bits per heavy atom. The van der Waals surface area contributed by atoms with E-state index >= 15 is 0 Å². The Kier molecular flexibility index (Phi) is 11.6. The van der Waals surface area contributed by atoms with Crippen LogP contribution in [0.4, 0.5) is 4.79 Å². The molecule has 1 saturated heterocycles. The maximum atomic E-state index is 13.7. The number of piperazine rings is 1. The van der Waals surface area contributed by atoms with E-state index in [-0.39, 0.29) is 44.1 Å². The normalized spacial score (nSPS) is 16.4. The number of ether oxygens (including phenoxy) is 2. The zero-order valence-electron chi connectivity index (χ0n) is 26.0. The summed E-state index contributed by atoms with van der Waals surface area (Å²) in [7, 11) is 0. The minimum atomic E-state index is -0.995. The Morgan fingerprint density at radius 2 is 1.66 bits per heavy atom. The Balaban J connectivity index is 1.54. The van der Waals surface area contributed by atoms with Crippen LogP contribution in [0.1, 0.15) is 76.7 Å². The highest BCUT2D eigenvalue weighted by atomic mass is 32.2.